The lowest BCUT2D eigenvalue weighted by Crippen LogP contribution is -2.45. The zero-order chi connectivity index (χ0) is 23.3. The van der Waals surface area contributed by atoms with Gasteiger partial charge in [-0.2, -0.15) is 0 Å². The number of nitrogens with one attached hydrogen (secondary N) is 2. The molecule has 0 saturated carbocycles. The minimum Gasteiger partial charge on any atom is -0.453 e. The number of aromatic nitrogens is 2. The molecule has 2 amide bonds. The van der Waals surface area contributed by atoms with Crippen molar-refractivity contribution in [3.05, 3.63) is 87.9 Å². The van der Waals surface area contributed by atoms with Crippen LogP contribution in [0.3, 0.4) is 0 Å². The first-order chi connectivity index (χ1) is 15.8. The van der Waals surface area contributed by atoms with E-state index in [1.54, 1.807) is 67.6 Å². The van der Waals surface area contributed by atoms with Gasteiger partial charge in [-0.25, -0.2) is 9.78 Å². The number of hydrogen-bond donors (Lipinski definition) is 3. The fourth-order valence-corrected chi connectivity index (χ4v) is 4.37. The summed E-state index contributed by atoms with van der Waals surface area (Å²) in [4.78, 5) is 33.7. The molecular weight excluding hydrogens is 444 g/mol. The van der Waals surface area contributed by atoms with Gasteiger partial charge >= 0.3 is 6.09 Å². The summed E-state index contributed by atoms with van der Waals surface area (Å²) in [6, 6.07) is 17.3. The van der Waals surface area contributed by atoms with E-state index in [1.807, 2.05) is 0 Å². The highest BCUT2D eigenvalue weighted by molar-refractivity contribution is 6.32. The number of anilines is 2. The van der Waals surface area contributed by atoms with Crippen molar-refractivity contribution < 1.29 is 19.4 Å². The van der Waals surface area contributed by atoms with E-state index in [9.17, 15) is 14.7 Å². The van der Waals surface area contributed by atoms with Crippen LogP contribution in [0.4, 0.5) is 16.4 Å². The zero-order valence-corrected chi connectivity index (χ0v) is 18.5. The fourth-order valence-electron chi connectivity index (χ4n) is 4.20. The molecule has 0 bridgehead atoms. The molecule has 1 aliphatic heterocycles. The number of fused-ring (bicyclic) bond motifs is 2. The molecule has 0 fully saturated rings. The predicted octanol–water partition coefficient (Wildman–Crippen LogP) is 4.56. The van der Waals surface area contributed by atoms with Crippen molar-refractivity contribution in [2.24, 2.45) is 0 Å². The Hall–Kier alpha value is -3.88. The van der Waals surface area contributed by atoms with Crippen LogP contribution in [0.1, 0.15) is 27.0 Å². The van der Waals surface area contributed by atoms with Gasteiger partial charge in [-0.3, -0.25) is 15.0 Å². The van der Waals surface area contributed by atoms with Crippen LogP contribution in [-0.2, 0) is 10.5 Å². The summed E-state index contributed by atoms with van der Waals surface area (Å²) in [5.41, 5.74) is 1.79. The van der Waals surface area contributed by atoms with Crippen LogP contribution in [0.25, 0.3) is 11.0 Å². The standard InChI is InChI=1S/C24H19ClN4O4/c1-13-17(25)8-5-9-20(13)29-21(30)15-6-3-4-7-16(15)24(29,32)14-10-11-18-19(12-14)27-22(26-18)28-23(31)33-2/h3-12,32H,1-2H3,(H2,26,27,28,31). The molecule has 0 aliphatic carbocycles. The van der Waals surface area contributed by atoms with Crippen molar-refractivity contribution >= 4 is 46.3 Å². The van der Waals surface area contributed by atoms with E-state index < -0.39 is 11.8 Å². The molecule has 0 saturated heterocycles. The molecule has 0 spiro atoms. The van der Waals surface area contributed by atoms with Crippen molar-refractivity contribution in [1.82, 2.24) is 9.97 Å². The fraction of sp³-hybridized carbons (Fsp3) is 0.125. The highest BCUT2D eigenvalue weighted by Gasteiger charge is 2.51. The smallest absolute Gasteiger partial charge is 0.413 e. The normalized spacial score (nSPS) is 17.3. The summed E-state index contributed by atoms with van der Waals surface area (Å²) in [6.07, 6.45) is -0.661. The maximum absolute atomic E-state index is 13.5. The van der Waals surface area contributed by atoms with E-state index in [0.717, 1.165) is 0 Å². The van der Waals surface area contributed by atoms with Crippen LogP contribution < -0.4 is 10.2 Å². The van der Waals surface area contributed by atoms with E-state index >= 15 is 0 Å². The molecule has 1 atom stereocenters. The SMILES string of the molecule is COC(=O)Nc1nc2cc(C3(O)c4ccccc4C(=O)N3c3cccc(Cl)c3C)ccc2[nH]1. The molecule has 3 N–H and O–H groups in total. The predicted molar refractivity (Wildman–Crippen MR) is 125 cm³/mol. The molecular formula is C24H19ClN4O4. The zero-order valence-electron chi connectivity index (χ0n) is 17.7. The molecule has 1 unspecified atom stereocenters. The summed E-state index contributed by atoms with van der Waals surface area (Å²) in [7, 11) is 1.26. The van der Waals surface area contributed by atoms with Gasteiger partial charge < -0.3 is 14.8 Å². The van der Waals surface area contributed by atoms with E-state index in [1.165, 1.54) is 12.0 Å². The number of H-pyrrole nitrogens is 1. The largest absolute Gasteiger partial charge is 0.453 e. The van der Waals surface area contributed by atoms with Gasteiger partial charge in [0.15, 0.2) is 5.72 Å². The van der Waals surface area contributed by atoms with Crippen LogP contribution in [0.2, 0.25) is 5.02 Å². The first-order valence-corrected chi connectivity index (χ1v) is 10.5. The second-order valence-corrected chi connectivity index (χ2v) is 8.08. The Morgan fingerprint density at radius 1 is 1.18 bits per heavy atom. The van der Waals surface area contributed by atoms with Crippen molar-refractivity contribution in [2.45, 2.75) is 12.6 Å². The lowest BCUT2D eigenvalue weighted by Gasteiger charge is -2.35. The number of carbonyl (C=O) groups is 2. The molecule has 2 heterocycles. The van der Waals surface area contributed by atoms with Crippen LogP contribution >= 0.6 is 11.6 Å². The Morgan fingerprint density at radius 3 is 2.76 bits per heavy atom. The van der Waals surface area contributed by atoms with Crippen molar-refractivity contribution in [3.8, 4) is 0 Å². The first kappa shape index (κ1) is 21.0. The lowest BCUT2D eigenvalue weighted by atomic mass is 9.93. The number of benzene rings is 3. The number of hydrogen-bond acceptors (Lipinski definition) is 5. The molecule has 4 aromatic rings. The van der Waals surface area contributed by atoms with Gasteiger partial charge in [0.05, 0.1) is 23.8 Å². The number of ether oxygens (including phenoxy) is 1. The molecule has 0 radical (unpaired) electrons. The molecule has 33 heavy (non-hydrogen) atoms. The Bertz CT molecular complexity index is 1430. The Labute approximate surface area is 193 Å². The number of halogens is 1. The van der Waals surface area contributed by atoms with Crippen LogP contribution in [0.15, 0.2) is 60.7 Å². The number of imidazole rings is 1. The number of aromatic amines is 1. The van der Waals surface area contributed by atoms with Gasteiger partial charge in [0.2, 0.25) is 5.95 Å². The highest BCUT2D eigenvalue weighted by Crippen LogP contribution is 2.46. The summed E-state index contributed by atoms with van der Waals surface area (Å²) in [5, 5.41) is 15.2. The van der Waals surface area contributed by atoms with Crippen molar-refractivity contribution in [3.63, 3.8) is 0 Å². The Morgan fingerprint density at radius 2 is 1.97 bits per heavy atom. The first-order valence-electron chi connectivity index (χ1n) is 10.1. The lowest BCUT2D eigenvalue weighted by molar-refractivity contribution is 0.0703. The van der Waals surface area contributed by atoms with Crippen LogP contribution in [0, 0.1) is 6.92 Å². The van der Waals surface area contributed by atoms with Crippen molar-refractivity contribution in [2.75, 3.05) is 17.3 Å². The second-order valence-electron chi connectivity index (χ2n) is 7.68. The molecule has 166 valence electrons. The molecule has 1 aromatic heterocycles. The minimum atomic E-state index is -1.80. The molecule has 9 heteroatoms. The second kappa shape index (κ2) is 7.61. The quantitative estimate of drug-likeness (QED) is 0.414. The molecule has 3 aromatic carbocycles. The number of amides is 2. The summed E-state index contributed by atoms with van der Waals surface area (Å²) in [5.74, 6) is -0.139. The third kappa shape index (κ3) is 3.14. The summed E-state index contributed by atoms with van der Waals surface area (Å²) < 4.78 is 4.60. The number of methoxy groups -OCH3 is 1. The number of aliphatic hydroxyl groups is 1. The molecule has 8 nitrogen and oxygen atoms in total. The molecule has 5 rings (SSSR count). The van der Waals surface area contributed by atoms with Crippen LogP contribution in [-0.4, -0.2) is 34.2 Å². The Kier molecular flexibility index (Phi) is 4.84. The van der Waals surface area contributed by atoms with E-state index in [2.05, 4.69) is 20.0 Å². The topological polar surface area (TPSA) is 108 Å². The van der Waals surface area contributed by atoms with E-state index in [-0.39, 0.29) is 11.9 Å². The monoisotopic (exact) mass is 462 g/mol. The third-order valence-corrected chi connectivity index (χ3v) is 6.24. The Balaban J connectivity index is 1.70. The summed E-state index contributed by atoms with van der Waals surface area (Å²) in [6.45, 7) is 1.80. The minimum absolute atomic E-state index is 0.200. The average Bonchev–Trinajstić information content (AvgIpc) is 3.32. The third-order valence-electron chi connectivity index (χ3n) is 5.83. The average molecular weight is 463 g/mol. The number of carbonyl (C=O) groups excluding carboxylic acids is 2. The van der Waals surface area contributed by atoms with Gasteiger partial charge in [-0.1, -0.05) is 41.9 Å². The van der Waals surface area contributed by atoms with Gasteiger partial charge in [0.1, 0.15) is 0 Å². The maximum Gasteiger partial charge on any atom is 0.413 e. The van der Waals surface area contributed by atoms with Gasteiger partial charge in [-0.15, -0.1) is 0 Å². The van der Waals surface area contributed by atoms with Gasteiger partial charge in [0.25, 0.3) is 5.91 Å². The molecule has 1 aliphatic rings. The van der Waals surface area contributed by atoms with Gasteiger partial charge in [0, 0.05) is 21.7 Å². The van der Waals surface area contributed by atoms with Crippen molar-refractivity contribution in [1.29, 1.82) is 0 Å². The number of rotatable bonds is 3. The number of nitrogens with zero attached hydrogens (tertiary/aromatic N) is 2. The van der Waals surface area contributed by atoms with E-state index in [0.29, 0.717) is 44.0 Å². The van der Waals surface area contributed by atoms with E-state index in [4.69, 9.17) is 11.6 Å². The summed E-state index contributed by atoms with van der Waals surface area (Å²) >= 11 is 6.35. The highest BCUT2D eigenvalue weighted by atomic mass is 35.5. The maximum atomic E-state index is 13.5. The van der Waals surface area contributed by atoms with Gasteiger partial charge in [-0.05, 0) is 42.8 Å². The van der Waals surface area contributed by atoms with Crippen LogP contribution in [0.5, 0.6) is 0 Å².